The van der Waals surface area contributed by atoms with Crippen molar-refractivity contribution in [3.8, 4) is 0 Å². The summed E-state index contributed by atoms with van der Waals surface area (Å²) in [6, 6.07) is 2.46. The molecule has 1 saturated carbocycles. The molecule has 108 valence electrons. The number of hydrogen-bond acceptors (Lipinski definition) is 5. The van der Waals surface area contributed by atoms with E-state index in [0.717, 1.165) is 16.6 Å². The van der Waals surface area contributed by atoms with Gasteiger partial charge in [-0.05, 0) is 36.5 Å². The first kappa shape index (κ1) is 14.1. The number of rotatable bonds is 5. The van der Waals surface area contributed by atoms with Gasteiger partial charge in [-0.15, -0.1) is 11.3 Å². The fraction of sp³-hybridized carbons (Fsp3) is 0.571. The minimum absolute atomic E-state index is 0.0207. The van der Waals surface area contributed by atoms with E-state index in [-0.39, 0.29) is 5.56 Å². The molecule has 0 spiro atoms. The second kappa shape index (κ2) is 6.28. The summed E-state index contributed by atoms with van der Waals surface area (Å²) in [4.78, 5) is 19.3. The van der Waals surface area contributed by atoms with Crippen LogP contribution in [0.1, 0.15) is 32.0 Å². The molecule has 0 amide bonds. The Morgan fingerprint density at radius 1 is 1.55 bits per heavy atom. The van der Waals surface area contributed by atoms with Gasteiger partial charge < -0.3 is 10.3 Å². The first-order valence-corrected chi connectivity index (χ1v) is 9.00. The highest BCUT2D eigenvalue weighted by Gasteiger charge is 2.24. The lowest BCUT2D eigenvalue weighted by atomic mass is 10.2. The number of thiophene rings is 1. The lowest BCUT2D eigenvalue weighted by Crippen LogP contribution is -2.28. The Hall–Kier alpha value is -0.850. The summed E-state index contributed by atoms with van der Waals surface area (Å²) in [5.74, 6) is 1.94. The fourth-order valence-electron chi connectivity index (χ4n) is 2.76. The van der Waals surface area contributed by atoms with Crippen LogP contribution in [0.3, 0.4) is 0 Å². The van der Waals surface area contributed by atoms with Gasteiger partial charge in [-0.25, -0.2) is 4.98 Å². The zero-order chi connectivity index (χ0) is 13.9. The normalized spacial score (nSPS) is 22.6. The summed E-state index contributed by atoms with van der Waals surface area (Å²) in [7, 11) is 0. The molecule has 2 unspecified atom stereocenters. The van der Waals surface area contributed by atoms with E-state index in [1.54, 1.807) is 0 Å². The van der Waals surface area contributed by atoms with E-state index < -0.39 is 0 Å². The summed E-state index contributed by atoms with van der Waals surface area (Å²) in [6.45, 7) is 2.87. The molecular formula is C14H19N3OS2. The summed E-state index contributed by atoms with van der Waals surface area (Å²) >= 11 is 3.50. The molecule has 6 heteroatoms. The van der Waals surface area contributed by atoms with Crippen LogP contribution in [0.4, 0.5) is 0 Å². The van der Waals surface area contributed by atoms with Crippen LogP contribution >= 0.6 is 23.1 Å². The van der Waals surface area contributed by atoms with Crippen molar-refractivity contribution in [3.05, 3.63) is 27.6 Å². The maximum atomic E-state index is 11.9. The Balaban J connectivity index is 1.61. The van der Waals surface area contributed by atoms with Crippen LogP contribution in [0, 0.1) is 0 Å². The van der Waals surface area contributed by atoms with Crippen molar-refractivity contribution in [1.29, 1.82) is 0 Å². The molecule has 4 nitrogen and oxygen atoms in total. The molecule has 1 aliphatic carbocycles. The van der Waals surface area contributed by atoms with Crippen LogP contribution in [-0.4, -0.2) is 27.0 Å². The fourth-order valence-corrected chi connectivity index (χ4v) is 4.63. The lowest BCUT2D eigenvalue weighted by Gasteiger charge is -2.12. The third kappa shape index (κ3) is 3.07. The number of aromatic nitrogens is 2. The summed E-state index contributed by atoms with van der Waals surface area (Å²) in [6.07, 6.45) is 3.75. The van der Waals surface area contributed by atoms with Crippen molar-refractivity contribution >= 4 is 33.3 Å². The highest BCUT2D eigenvalue weighted by molar-refractivity contribution is 7.99. The topological polar surface area (TPSA) is 57.8 Å². The van der Waals surface area contributed by atoms with Crippen LogP contribution in [0.2, 0.25) is 0 Å². The monoisotopic (exact) mass is 309 g/mol. The van der Waals surface area contributed by atoms with Crippen molar-refractivity contribution in [1.82, 2.24) is 15.3 Å². The van der Waals surface area contributed by atoms with Gasteiger partial charge in [0.05, 0.1) is 12.1 Å². The zero-order valence-corrected chi connectivity index (χ0v) is 13.1. The SMILES string of the molecule is CCSC1CCC(NCc2nc3ccsc3c(=O)[nH]2)C1. The smallest absolute Gasteiger partial charge is 0.268 e. The molecule has 1 fully saturated rings. The Morgan fingerprint density at radius 3 is 3.30 bits per heavy atom. The predicted octanol–water partition coefficient (Wildman–Crippen LogP) is 2.75. The van der Waals surface area contributed by atoms with Crippen LogP contribution in [0.15, 0.2) is 16.2 Å². The minimum atomic E-state index is -0.0207. The van der Waals surface area contributed by atoms with E-state index in [9.17, 15) is 4.79 Å². The minimum Gasteiger partial charge on any atom is -0.308 e. The highest BCUT2D eigenvalue weighted by Crippen LogP contribution is 2.29. The average molecular weight is 309 g/mol. The highest BCUT2D eigenvalue weighted by atomic mass is 32.2. The average Bonchev–Trinajstić information content (AvgIpc) is 3.06. The third-order valence-corrected chi connectivity index (χ3v) is 5.84. The lowest BCUT2D eigenvalue weighted by molar-refractivity contribution is 0.514. The number of fused-ring (bicyclic) bond motifs is 1. The van der Waals surface area contributed by atoms with Gasteiger partial charge in [-0.3, -0.25) is 4.79 Å². The van der Waals surface area contributed by atoms with Crippen molar-refractivity contribution in [2.45, 2.75) is 44.0 Å². The van der Waals surface area contributed by atoms with Gasteiger partial charge in [0.25, 0.3) is 5.56 Å². The maximum absolute atomic E-state index is 11.9. The summed E-state index contributed by atoms with van der Waals surface area (Å²) in [5, 5.41) is 6.23. The van der Waals surface area contributed by atoms with Crippen molar-refractivity contribution < 1.29 is 0 Å². The van der Waals surface area contributed by atoms with Crippen LogP contribution in [0.25, 0.3) is 10.2 Å². The van der Waals surface area contributed by atoms with Gasteiger partial charge in [-0.1, -0.05) is 6.92 Å². The van der Waals surface area contributed by atoms with E-state index in [0.29, 0.717) is 17.3 Å². The Bertz CT molecular complexity index is 637. The quantitative estimate of drug-likeness (QED) is 0.891. The molecule has 1 aliphatic rings. The van der Waals surface area contributed by atoms with Gasteiger partial charge >= 0.3 is 0 Å². The van der Waals surface area contributed by atoms with Crippen LogP contribution in [0.5, 0.6) is 0 Å². The molecule has 2 aromatic rings. The second-order valence-corrected chi connectivity index (χ2v) is 7.61. The maximum Gasteiger partial charge on any atom is 0.268 e. The molecule has 20 heavy (non-hydrogen) atoms. The van der Waals surface area contributed by atoms with E-state index in [2.05, 4.69) is 34.0 Å². The molecule has 2 heterocycles. The molecular weight excluding hydrogens is 290 g/mol. The van der Waals surface area contributed by atoms with Gasteiger partial charge in [0.1, 0.15) is 10.5 Å². The number of nitrogens with zero attached hydrogens (tertiary/aromatic N) is 1. The number of aromatic amines is 1. The Morgan fingerprint density at radius 2 is 2.45 bits per heavy atom. The van der Waals surface area contributed by atoms with Crippen molar-refractivity contribution in [2.24, 2.45) is 0 Å². The first-order valence-electron chi connectivity index (χ1n) is 7.07. The molecule has 2 aromatic heterocycles. The predicted molar refractivity (Wildman–Crippen MR) is 86.6 cm³/mol. The molecule has 2 N–H and O–H groups in total. The third-order valence-electron chi connectivity index (χ3n) is 3.71. The van der Waals surface area contributed by atoms with Gasteiger partial charge in [-0.2, -0.15) is 11.8 Å². The molecule has 3 rings (SSSR count). The Kier molecular flexibility index (Phi) is 4.43. The largest absolute Gasteiger partial charge is 0.308 e. The number of thioether (sulfide) groups is 1. The van der Waals surface area contributed by atoms with E-state index >= 15 is 0 Å². The first-order chi connectivity index (χ1) is 9.76. The van der Waals surface area contributed by atoms with Crippen LogP contribution < -0.4 is 10.9 Å². The number of hydrogen-bond donors (Lipinski definition) is 2. The van der Waals surface area contributed by atoms with Crippen molar-refractivity contribution in [2.75, 3.05) is 5.75 Å². The second-order valence-electron chi connectivity index (χ2n) is 5.12. The standard InChI is InChI=1S/C14H19N3OS2/c1-2-19-10-4-3-9(7-10)15-8-12-16-11-5-6-20-13(11)14(18)17-12/h5-6,9-10,15H,2-4,7-8H2,1H3,(H,16,17,18). The summed E-state index contributed by atoms with van der Waals surface area (Å²) in [5.41, 5.74) is 0.786. The molecule has 2 atom stereocenters. The van der Waals surface area contributed by atoms with E-state index in [1.807, 2.05) is 11.4 Å². The molecule has 0 aliphatic heterocycles. The summed E-state index contributed by atoms with van der Waals surface area (Å²) < 4.78 is 0.717. The van der Waals surface area contributed by atoms with E-state index in [4.69, 9.17) is 0 Å². The van der Waals surface area contributed by atoms with Gasteiger partial charge in [0.2, 0.25) is 0 Å². The molecule has 0 aromatic carbocycles. The van der Waals surface area contributed by atoms with Gasteiger partial charge in [0, 0.05) is 11.3 Å². The zero-order valence-electron chi connectivity index (χ0n) is 11.5. The Labute approximate surface area is 126 Å². The van der Waals surface area contributed by atoms with E-state index in [1.165, 1.54) is 36.4 Å². The molecule has 0 saturated heterocycles. The van der Waals surface area contributed by atoms with Gasteiger partial charge in [0.15, 0.2) is 0 Å². The molecule has 0 radical (unpaired) electrons. The molecule has 0 bridgehead atoms. The van der Waals surface area contributed by atoms with Crippen molar-refractivity contribution in [3.63, 3.8) is 0 Å². The van der Waals surface area contributed by atoms with Crippen LogP contribution in [-0.2, 0) is 6.54 Å². The number of H-pyrrole nitrogens is 1. The number of nitrogens with one attached hydrogen (secondary N) is 2.